The molecular weight excluding hydrogens is 304 g/mol. The quantitative estimate of drug-likeness (QED) is 0.833. The standard InChI is InChI=1S/C16H21ClN2O3/c1-18-6-5-15-13(10-18)19(7-8-22-15)16(20)12-9-11(17)3-4-14(12)21-2/h3-4,9,13,15H,5-8,10H2,1-2H3/t13-,15+/m0/s1. The van der Waals surface area contributed by atoms with E-state index in [1.807, 2.05) is 4.90 Å². The van der Waals surface area contributed by atoms with Gasteiger partial charge in [0, 0.05) is 24.7 Å². The van der Waals surface area contributed by atoms with E-state index in [4.69, 9.17) is 21.1 Å². The molecule has 2 heterocycles. The minimum Gasteiger partial charge on any atom is -0.496 e. The van der Waals surface area contributed by atoms with E-state index in [9.17, 15) is 4.79 Å². The van der Waals surface area contributed by atoms with Crippen LogP contribution in [0.3, 0.4) is 0 Å². The second-order valence-corrected chi connectivity index (χ2v) is 6.31. The number of morpholine rings is 1. The van der Waals surface area contributed by atoms with Crippen molar-refractivity contribution >= 4 is 17.5 Å². The molecule has 0 bridgehead atoms. The smallest absolute Gasteiger partial charge is 0.258 e. The van der Waals surface area contributed by atoms with Crippen molar-refractivity contribution in [2.24, 2.45) is 0 Å². The Hall–Kier alpha value is -1.30. The van der Waals surface area contributed by atoms with Gasteiger partial charge < -0.3 is 19.3 Å². The van der Waals surface area contributed by atoms with Crippen molar-refractivity contribution in [3.63, 3.8) is 0 Å². The fraction of sp³-hybridized carbons (Fsp3) is 0.562. The summed E-state index contributed by atoms with van der Waals surface area (Å²) < 4.78 is 11.2. The highest BCUT2D eigenvalue weighted by Crippen LogP contribution is 2.28. The Morgan fingerprint density at radius 2 is 2.23 bits per heavy atom. The van der Waals surface area contributed by atoms with Gasteiger partial charge in [-0.15, -0.1) is 0 Å². The zero-order chi connectivity index (χ0) is 15.7. The van der Waals surface area contributed by atoms with Gasteiger partial charge in [0.15, 0.2) is 0 Å². The van der Waals surface area contributed by atoms with Crippen LogP contribution >= 0.6 is 11.6 Å². The van der Waals surface area contributed by atoms with Gasteiger partial charge in [-0.3, -0.25) is 4.79 Å². The third-order valence-electron chi connectivity index (χ3n) is 4.44. The lowest BCUT2D eigenvalue weighted by molar-refractivity contribution is -0.0870. The van der Waals surface area contributed by atoms with Gasteiger partial charge in [-0.1, -0.05) is 11.6 Å². The van der Waals surface area contributed by atoms with Gasteiger partial charge in [-0.05, 0) is 31.7 Å². The minimum absolute atomic E-state index is 0.0343. The van der Waals surface area contributed by atoms with Crippen LogP contribution in [-0.2, 0) is 4.74 Å². The van der Waals surface area contributed by atoms with E-state index in [0.717, 1.165) is 19.5 Å². The maximum absolute atomic E-state index is 13.0. The average Bonchev–Trinajstić information content (AvgIpc) is 2.53. The second-order valence-electron chi connectivity index (χ2n) is 5.87. The maximum atomic E-state index is 13.0. The Morgan fingerprint density at radius 3 is 3.00 bits per heavy atom. The summed E-state index contributed by atoms with van der Waals surface area (Å²) >= 11 is 6.06. The Bertz CT molecular complexity index is 566. The molecule has 0 saturated carbocycles. The van der Waals surface area contributed by atoms with Crippen LogP contribution in [-0.4, -0.2) is 68.3 Å². The van der Waals surface area contributed by atoms with Crippen LogP contribution in [0.4, 0.5) is 0 Å². The molecule has 6 heteroatoms. The number of hydrogen-bond donors (Lipinski definition) is 0. The number of piperidine rings is 1. The van der Waals surface area contributed by atoms with E-state index >= 15 is 0 Å². The summed E-state index contributed by atoms with van der Waals surface area (Å²) in [6, 6.07) is 5.23. The summed E-state index contributed by atoms with van der Waals surface area (Å²) in [4.78, 5) is 17.2. The van der Waals surface area contributed by atoms with Gasteiger partial charge in [0.05, 0.1) is 31.4 Å². The molecule has 2 aliphatic rings. The summed E-state index contributed by atoms with van der Waals surface area (Å²) in [5, 5.41) is 0.537. The van der Waals surface area contributed by atoms with Gasteiger partial charge in [-0.2, -0.15) is 0 Å². The van der Waals surface area contributed by atoms with Crippen LogP contribution < -0.4 is 4.74 Å². The van der Waals surface area contributed by atoms with E-state index in [1.54, 1.807) is 25.3 Å². The summed E-state index contributed by atoms with van der Waals surface area (Å²) in [5.41, 5.74) is 0.517. The summed E-state index contributed by atoms with van der Waals surface area (Å²) in [6.07, 6.45) is 1.08. The molecule has 2 fully saturated rings. The lowest BCUT2D eigenvalue weighted by atomic mass is 9.98. The molecule has 120 valence electrons. The predicted molar refractivity (Wildman–Crippen MR) is 84.7 cm³/mol. The van der Waals surface area contributed by atoms with E-state index in [2.05, 4.69) is 11.9 Å². The van der Waals surface area contributed by atoms with Crippen LogP contribution in [0.25, 0.3) is 0 Å². The number of carbonyl (C=O) groups is 1. The number of halogens is 1. The van der Waals surface area contributed by atoms with Crippen molar-refractivity contribution in [3.05, 3.63) is 28.8 Å². The van der Waals surface area contributed by atoms with E-state index in [1.165, 1.54) is 0 Å². The lowest BCUT2D eigenvalue weighted by Gasteiger charge is -2.46. The molecule has 1 aromatic carbocycles. The van der Waals surface area contributed by atoms with Gasteiger partial charge in [0.25, 0.3) is 5.91 Å². The van der Waals surface area contributed by atoms with Crippen molar-refractivity contribution in [2.45, 2.75) is 18.6 Å². The summed E-state index contributed by atoms with van der Waals surface area (Å²) in [7, 11) is 3.64. The molecule has 3 rings (SSSR count). The fourth-order valence-corrected chi connectivity index (χ4v) is 3.46. The van der Waals surface area contributed by atoms with E-state index in [0.29, 0.717) is 29.5 Å². The van der Waals surface area contributed by atoms with Gasteiger partial charge in [0.2, 0.25) is 0 Å². The number of rotatable bonds is 2. The highest BCUT2D eigenvalue weighted by atomic mass is 35.5. The van der Waals surface area contributed by atoms with Crippen LogP contribution in [0.15, 0.2) is 18.2 Å². The number of amides is 1. The van der Waals surface area contributed by atoms with Crippen molar-refractivity contribution < 1.29 is 14.3 Å². The molecule has 0 spiro atoms. The second kappa shape index (κ2) is 6.44. The van der Waals surface area contributed by atoms with Crippen LogP contribution in [0.1, 0.15) is 16.8 Å². The SMILES string of the molecule is COc1ccc(Cl)cc1C(=O)N1CCO[C@@H]2CCN(C)C[C@@H]21. The number of fused-ring (bicyclic) bond motifs is 1. The molecule has 1 aromatic rings. The number of methoxy groups -OCH3 is 1. The lowest BCUT2D eigenvalue weighted by Crippen LogP contribution is -2.60. The Morgan fingerprint density at radius 1 is 1.41 bits per heavy atom. The van der Waals surface area contributed by atoms with Crippen LogP contribution in [0.5, 0.6) is 5.75 Å². The third kappa shape index (κ3) is 2.93. The number of carbonyl (C=O) groups excluding carboxylic acids is 1. The molecule has 2 saturated heterocycles. The number of likely N-dealkylation sites (tertiary alicyclic amines) is 1. The normalized spacial score (nSPS) is 25.7. The van der Waals surface area contributed by atoms with Gasteiger partial charge >= 0.3 is 0 Å². The molecule has 2 aliphatic heterocycles. The molecule has 0 N–H and O–H groups in total. The third-order valence-corrected chi connectivity index (χ3v) is 4.68. The Kier molecular flexibility index (Phi) is 4.57. The monoisotopic (exact) mass is 324 g/mol. The molecule has 5 nitrogen and oxygen atoms in total. The maximum Gasteiger partial charge on any atom is 0.258 e. The topological polar surface area (TPSA) is 42.0 Å². The van der Waals surface area contributed by atoms with Crippen molar-refractivity contribution in [1.82, 2.24) is 9.80 Å². The molecular formula is C16H21ClN2O3. The van der Waals surface area contributed by atoms with Crippen molar-refractivity contribution in [2.75, 3.05) is 40.4 Å². The Balaban J connectivity index is 1.88. The molecule has 0 aliphatic carbocycles. The van der Waals surface area contributed by atoms with Crippen LogP contribution in [0.2, 0.25) is 5.02 Å². The molecule has 22 heavy (non-hydrogen) atoms. The Labute approximate surface area is 135 Å². The number of nitrogens with zero attached hydrogens (tertiary/aromatic N) is 2. The summed E-state index contributed by atoms with van der Waals surface area (Å²) in [6.45, 7) is 3.02. The largest absolute Gasteiger partial charge is 0.496 e. The van der Waals surface area contributed by atoms with E-state index < -0.39 is 0 Å². The van der Waals surface area contributed by atoms with Crippen molar-refractivity contribution in [1.29, 1.82) is 0 Å². The van der Waals surface area contributed by atoms with E-state index in [-0.39, 0.29) is 18.1 Å². The fourth-order valence-electron chi connectivity index (χ4n) is 3.28. The predicted octanol–water partition coefficient (Wildman–Crippen LogP) is 1.89. The first-order valence-electron chi connectivity index (χ1n) is 7.55. The zero-order valence-electron chi connectivity index (χ0n) is 12.9. The number of benzene rings is 1. The number of likely N-dealkylation sites (N-methyl/N-ethyl adjacent to an activating group) is 1. The highest BCUT2D eigenvalue weighted by Gasteiger charge is 2.39. The number of ether oxygens (including phenoxy) is 2. The molecule has 0 aromatic heterocycles. The zero-order valence-corrected chi connectivity index (χ0v) is 13.7. The molecule has 0 unspecified atom stereocenters. The molecule has 2 atom stereocenters. The first-order valence-corrected chi connectivity index (χ1v) is 7.92. The van der Waals surface area contributed by atoms with Gasteiger partial charge in [-0.25, -0.2) is 0 Å². The average molecular weight is 325 g/mol. The van der Waals surface area contributed by atoms with Crippen molar-refractivity contribution in [3.8, 4) is 5.75 Å². The summed E-state index contributed by atoms with van der Waals surface area (Å²) in [5.74, 6) is 0.523. The molecule has 1 amide bonds. The first kappa shape index (κ1) is 15.6. The molecule has 0 radical (unpaired) electrons. The highest BCUT2D eigenvalue weighted by molar-refractivity contribution is 6.31. The van der Waals surface area contributed by atoms with Gasteiger partial charge in [0.1, 0.15) is 5.75 Å². The first-order chi connectivity index (χ1) is 10.6. The minimum atomic E-state index is -0.0343. The van der Waals surface area contributed by atoms with Crippen LogP contribution in [0, 0.1) is 0 Å². The number of hydrogen-bond acceptors (Lipinski definition) is 4.